The number of hydrogen-bond acceptors (Lipinski definition) is 6. The molecule has 1 aliphatic rings. The Morgan fingerprint density at radius 2 is 1.66 bits per heavy atom. The molecule has 0 aliphatic carbocycles. The molecule has 0 amide bonds. The second-order valence-electron chi connectivity index (χ2n) is 11.6. The van der Waals surface area contributed by atoms with Gasteiger partial charge in [0, 0.05) is 6.61 Å². The average molecular weight is 561 g/mol. The molecule has 1 heterocycles. The van der Waals surface area contributed by atoms with E-state index < -0.39 is 12.2 Å². The van der Waals surface area contributed by atoms with Gasteiger partial charge in [-0.25, -0.2) is 0 Å². The van der Waals surface area contributed by atoms with Crippen LogP contribution in [0.3, 0.4) is 0 Å². The number of hydrogen-bond donors (Lipinski definition) is 3. The number of thioether (sulfide) groups is 2. The van der Waals surface area contributed by atoms with E-state index in [0.29, 0.717) is 25.9 Å². The van der Waals surface area contributed by atoms with E-state index in [1.54, 1.807) is 0 Å². The lowest BCUT2D eigenvalue weighted by atomic mass is 9.77. The van der Waals surface area contributed by atoms with Crippen molar-refractivity contribution in [3.8, 4) is 5.75 Å². The van der Waals surface area contributed by atoms with Crippen LogP contribution in [0.4, 0.5) is 0 Å². The van der Waals surface area contributed by atoms with E-state index in [2.05, 4.69) is 45.0 Å². The van der Waals surface area contributed by atoms with Gasteiger partial charge < -0.3 is 20.1 Å². The largest absolute Gasteiger partial charge is 0.489 e. The van der Waals surface area contributed by atoms with Gasteiger partial charge in [0.05, 0.1) is 16.3 Å². The Balaban J connectivity index is 1.42. The van der Waals surface area contributed by atoms with Gasteiger partial charge in [-0.05, 0) is 91.0 Å². The summed E-state index contributed by atoms with van der Waals surface area (Å²) in [6.45, 7) is 7.43. The summed E-state index contributed by atoms with van der Waals surface area (Å²) in [5.41, 5.74) is 2.39. The molecule has 2 aromatic rings. The van der Waals surface area contributed by atoms with Crippen molar-refractivity contribution in [2.45, 2.75) is 95.0 Å². The van der Waals surface area contributed by atoms with Crippen LogP contribution in [-0.2, 0) is 13.0 Å². The molecule has 6 heteroatoms. The van der Waals surface area contributed by atoms with Crippen LogP contribution in [0.25, 0.3) is 0 Å². The summed E-state index contributed by atoms with van der Waals surface area (Å²) in [6, 6.07) is 18.5. The molecular formula is C32H48O4S2. The van der Waals surface area contributed by atoms with Crippen LogP contribution in [-0.4, -0.2) is 49.7 Å². The van der Waals surface area contributed by atoms with E-state index in [4.69, 9.17) is 4.74 Å². The topological polar surface area (TPSA) is 69.9 Å². The predicted octanol–water partition coefficient (Wildman–Crippen LogP) is 7.09. The van der Waals surface area contributed by atoms with Crippen LogP contribution in [0, 0.1) is 11.3 Å². The Labute approximate surface area is 239 Å². The molecule has 0 saturated carbocycles. The standard InChI is InChI=1S/C32H48O4S2/c1-25(23-33)21-31(2,3)32(37-17-10-18-38-32)22-29(35)20-28(34)15-8-7-11-26-14-9-16-30(19-26)36-24-27-12-5-4-6-13-27/h4-6,9,12-14,16,19,25,28-29,33-35H,7-8,10-11,15,17-18,20-24H2,1-3H3/t25-,28-,29-/m1/s1. The van der Waals surface area contributed by atoms with Gasteiger partial charge in [-0.3, -0.25) is 0 Å². The van der Waals surface area contributed by atoms with Crippen LogP contribution < -0.4 is 4.74 Å². The van der Waals surface area contributed by atoms with Crippen LogP contribution in [0.5, 0.6) is 5.75 Å². The van der Waals surface area contributed by atoms with Gasteiger partial charge in [0.25, 0.3) is 0 Å². The quantitative estimate of drug-likeness (QED) is 0.190. The summed E-state index contributed by atoms with van der Waals surface area (Å²) in [7, 11) is 0. The zero-order valence-electron chi connectivity index (χ0n) is 23.5. The van der Waals surface area contributed by atoms with Crippen molar-refractivity contribution in [3.05, 3.63) is 65.7 Å². The molecule has 4 nitrogen and oxygen atoms in total. The summed E-state index contributed by atoms with van der Waals surface area (Å²) in [5, 5.41) is 31.4. The first-order valence-corrected chi connectivity index (χ1v) is 16.2. The van der Waals surface area contributed by atoms with Crippen LogP contribution >= 0.6 is 23.5 Å². The molecule has 0 bridgehead atoms. The monoisotopic (exact) mass is 560 g/mol. The summed E-state index contributed by atoms with van der Waals surface area (Å²) < 4.78 is 5.88. The van der Waals surface area contributed by atoms with Gasteiger partial charge in [-0.15, -0.1) is 23.5 Å². The zero-order valence-corrected chi connectivity index (χ0v) is 25.1. The van der Waals surface area contributed by atoms with Crippen molar-refractivity contribution in [3.63, 3.8) is 0 Å². The molecule has 3 rings (SSSR count). The van der Waals surface area contributed by atoms with E-state index in [9.17, 15) is 15.3 Å². The maximum absolute atomic E-state index is 11.0. The second-order valence-corrected chi connectivity index (χ2v) is 14.6. The maximum Gasteiger partial charge on any atom is 0.120 e. The number of aliphatic hydroxyl groups excluding tert-OH is 3. The Bertz CT molecular complexity index is 930. The normalized spacial score (nSPS) is 18.1. The van der Waals surface area contributed by atoms with Gasteiger partial charge in [-0.2, -0.15) is 0 Å². The molecule has 1 saturated heterocycles. The first-order valence-electron chi connectivity index (χ1n) is 14.2. The summed E-state index contributed by atoms with van der Waals surface area (Å²) in [4.78, 5) is 0. The van der Waals surface area contributed by atoms with Crippen molar-refractivity contribution in [1.29, 1.82) is 0 Å². The first kappa shape index (κ1) is 31.3. The molecular weight excluding hydrogens is 512 g/mol. The Morgan fingerprint density at radius 3 is 2.37 bits per heavy atom. The molecule has 3 atom stereocenters. The van der Waals surface area contributed by atoms with Crippen LogP contribution in [0.15, 0.2) is 54.6 Å². The number of unbranched alkanes of at least 4 members (excludes halogenated alkanes) is 1. The highest BCUT2D eigenvalue weighted by Crippen LogP contribution is 2.58. The van der Waals surface area contributed by atoms with Gasteiger partial charge in [0.2, 0.25) is 0 Å². The van der Waals surface area contributed by atoms with E-state index in [-0.39, 0.29) is 22.0 Å². The number of benzene rings is 2. The van der Waals surface area contributed by atoms with E-state index >= 15 is 0 Å². The third kappa shape index (κ3) is 9.78. The summed E-state index contributed by atoms with van der Waals surface area (Å²) >= 11 is 3.95. The smallest absolute Gasteiger partial charge is 0.120 e. The Morgan fingerprint density at radius 1 is 0.947 bits per heavy atom. The Kier molecular flexibility index (Phi) is 12.8. The predicted molar refractivity (Wildman–Crippen MR) is 163 cm³/mol. The van der Waals surface area contributed by atoms with Gasteiger partial charge in [-0.1, -0.05) is 69.7 Å². The van der Waals surface area contributed by atoms with E-state index in [1.165, 1.54) is 12.0 Å². The third-order valence-electron chi connectivity index (χ3n) is 7.61. The molecule has 0 radical (unpaired) electrons. The molecule has 0 unspecified atom stereocenters. The molecule has 0 aromatic heterocycles. The fraction of sp³-hybridized carbons (Fsp3) is 0.625. The van der Waals surface area contributed by atoms with Crippen LogP contribution in [0.2, 0.25) is 0 Å². The molecule has 38 heavy (non-hydrogen) atoms. The van der Waals surface area contributed by atoms with Crippen molar-refractivity contribution in [1.82, 2.24) is 0 Å². The minimum absolute atomic E-state index is 0.0177. The highest BCUT2D eigenvalue weighted by Gasteiger charge is 2.48. The first-order chi connectivity index (χ1) is 18.2. The fourth-order valence-corrected chi connectivity index (χ4v) is 9.34. The minimum Gasteiger partial charge on any atom is -0.489 e. The van der Waals surface area contributed by atoms with Crippen molar-refractivity contribution < 1.29 is 20.1 Å². The molecule has 212 valence electrons. The number of rotatable bonds is 16. The van der Waals surface area contributed by atoms with Crippen molar-refractivity contribution >= 4 is 23.5 Å². The Hall–Kier alpha value is -1.18. The van der Waals surface area contributed by atoms with Crippen LogP contribution in [0.1, 0.15) is 76.8 Å². The van der Waals surface area contributed by atoms with E-state index in [0.717, 1.165) is 48.5 Å². The molecule has 2 aromatic carbocycles. The van der Waals surface area contributed by atoms with E-state index in [1.807, 2.05) is 53.9 Å². The lowest BCUT2D eigenvalue weighted by Gasteiger charge is -2.50. The average Bonchev–Trinajstić information content (AvgIpc) is 2.91. The number of aryl methyl sites for hydroxylation is 1. The highest BCUT2D eigenvalue weighted by atomic mass is 32.2. The third-order valence-corrected chi connectivity index (χ3v) is 11.7. The second kappa shape index (κ2) is 15.6. The number of aliphatic hydroxyl groups is 3. The van der Waals surface area contributed by atoms with Gasteiger partial charge >= 0.3 is 0 Å². The highest BCUT2D eigenvalue weighted by molar-refractivity contribution is 8.18. The minimum atomic E-state index is -0.523. The zero-order chi connectivity index (χ0) is 27.4. The van der Waals surface area contributed by atoms with Gasteiger partial charge in [0.1, 0.15) is 12.4 Å². The summed E-state index contributed by atoms with van der Waals surface area (Å²) in [5.74, 6) is 3.34. The fourth-order valence-electron chi connectivity index (χ4n) is 5.52. The lowest BCUT2D eigenvalue weighted by Crippen LogP contribution is -2.45. The van der Waals surface area contributed by atoms with Crippen molar-refractivity contribution in [2.75, 3.05) is 18.1 Å². The molecule has 1 aliphatic heterocycles. The van der Waals surface area contributed by atoms with Gasteiger partial charge in [0.15, 0.2) is 0 Å². The molecule has 1 fully saturated rings. The maximum atomic E-state index is 11.0. The molecule has 3 N–H and O–H groups in total. The number of ether oxygens (including phenoxy) is 1. The SMILES string of the molecule is C[C@@H](CO)CC(C)(C)C1(C[C@H](O)C[C@H](O)CCCCc2cccc(OCc3ccccc3)c2)SCCCS1. The summed E-state index contributed by atoms with van der Waals surface area (Å²) in [6.07, 6.45) is 5.81. The lowest BCUT2D eigenvalue weighted by molar-refractivity contribution is 0.0575. The molecule has 0 spiro atoms. The van der Waals surface area contributed by atoms with Crippen molar-refractivity contribution in [2.24, 2.45) is 11.3 Å².